The summed E-state index contributed by atoms with van der Waals surface area (Å²) in [5, 5.41) is 5.42. The molecule has 0 nitrogen and oxygen atoms in total. The van der Waals surface area contributed by atoms with Crippen molar-refractivity contribution in [1.29, 1.82) is 0 Å². The van der Waals surface area contributed by atoms with Crippen LogP contribution in [-0.2, 0) is 0 Å². The highest BCUT2D eigenvalue weighted by Crippen LogP contribution is 2.51. The molecule has 4 aromatic carbocycles. The summed E-state index contributed by atoms with van der Waals surface area (Å²) in [6.45, 7) is 0. The molecule has 30 heavy (non-hydrogen) atoms. The van der Waals surface area contributed by atoms with Crippen molar-refractivity contribution in [1.82, 2.24) is 0 Å². The fraction of sp³-hybridized carbons (Fsp3) is 0.200. The Hall–Kier alpha value is -3.12. The molecular formula is C30H26. The number of rotatable bonds is 3. The van der Waals surface area contributed by atoms with Gasteiger partial charge in [-0.3, -0.25) is 0 Å². The summed E-state index contributed by atoms with van der Waals surface area (Å²) in [5.41, 5.74) is 4.51. The Kier molecular flexibility index (Phi) is 4.30. The molecule has 0 heterocycles. The van der Waals surface area contributed by atoms with Crippen LogP contribution in [0.5, 0.6) is 0 Å². The lowest BCUT2D eigenvalue weighted by Crippen LogP contribution is -2.12. The third kappa shape index (κ3) is 2.91. The molecule has 146 valence electrons. The third-order valence-corrected chi connectivity index (χ3v) is 7.23. The van der Waals surface area contributed by atoms with Crippen LogP contribution in [0.15, 0.2) is 103 Å². The topological polar surface area (TPSA) is 0 Å². The van der Waals surface area contributed by atoms with E-state index >= 15 is 0 Å². The molecule has 4 aromatic rings. The molecule has 0 amide bonds. The molecule has 0 N–H and O–H groups in total. The van der Waals surface area contributed by atoms with E-state index in [-0.39, 0.29) is 0 Å². The summed E-state index contributed by atoms with van der Waals surface area (Å²) >= 11 is 0. The van der Waals surface area contributed by atoms with Crippen LogP contribution < -0.4 is 0 Å². The highest BCUT2D eigenvalue weighted by atomic mass is 14.4. The van der Waals surface area contributed by atoms with Crippen molar-refractivity contribution in [2.75, 3.05) is 0 Å². The normalized spacial score (nSPS) is 23.3. The average Bonchev–Trinajstić information content (AvgIpc) is 3.39. The first-order chi connectivity index (χ1) is 14.9. The Morgan fingerprint density at radius 1 is 0.700 bits per heavy atom. The van der Waals surface area contributed by atoms with Crippen LogP contribution in [0.3, 0.4) is 0 Å². The van der Waals surface area contributed by atoms with Gasteiger partial charge in [0.1, 0.15) is 0 Å². The van der Waals surface area contributed by atoms with E-state index in [4.69, 9.17) is 0 Å². The molecule has 6 rings (SSSR count). The molecule has 3 atom stereocenters. The Balaban J connectivity index is 1.44. The van der Waals surface area contributed by atoms with E-state index in [0.717, 1.165) is 0 Å². The first-order valence-corrected chi connectivity index (χ1v) is 11.2. The number of benzene rings is 4. The molecule has 0 radical (unpaired) electrons. The maximum atomic E-state index is 2.61. The monoisotopic (exact) mass is 386 g/mol. The molecule has 0 aliphatic heterocycles. The Bertz CT molecular complexity index is 1280. The van der Waals surface area contributed by atoms with Gasteiger partial charge in [-0.2, -0.15) is 0 Å². The molecule has 0 saturated heterocycles. The van der Waals surface area contributed by atoms with Crippen LogP contribution in [0.1, 0.15) is 36.3 Å². The standard InChI is InChI=1S/C30H26/c1-3-14-25-21(8-1)10-5-11-23(25)18-19-29-27-16-7-13-24(27)20-30(29)28-17-6-12-22-9-2-4-15-26(22)28/h1-6,8-12,14-15,17-20,27,29-30H,7,13,16H2. The highest BCUT2D eigenvalue weighted by molar-refractivity contribution is 5.90. The summed E-state index contributed by atoms with van der Waals surface area (Å²) in [6, 6.07) is 31.0. The van der Waals surface area contributed by atoms with Gasteiger partial charge in [-0.25, -0.2) is 0 Å². The molecule has 3 unspecified atom stereocenters. The first kappa shape index (κ1) is 17.7. The lowest BCUT2D eigenvalue weighted by atomic mass is 9.80. The van der Waals surface area contributed by atoms with Crippen LogP contribution in [0.25, 0.3) is 27.6 Å². The van der Waals surface area contributed by atoms with E-state index in [0.29, 0.717) is 17.8 Å². The van der Waals surface area contributed by atoms with Crippen molar-refractivity contribution in [3.63, 3.8) is 0 Å². The van der Waals surface area contributed by atoms with E-state index in [9.17, 15) is 0 Å². The van der Waals surface area contributed by atoms with Crippen molar-refractivity contribution in [3.05, 3.63) is 114 Å². The van der Waals surface area contributed by atoms with E-state index in [2.05, 4.69) is 103 Å². The van der Waals surface area contributed by atoms with Crippen molar-refractivity contribution in [2.24, 2.45) is 11.8 Å². The largest absolute Gasteiger partial charge is 0.0793 e. The molecule has 0 heteroatoms. The molecule has 1 fully saturated rings. The van der Waals surface area contributed by atoms with Gasteiger partial charge in [0.25, 0.3) is 0 Å². The van der Waals surface area contributed by atoms with Crippen LogP contribution >= 0.6 is 0 Å². The molecule has 1 saturated carbocycles. The van der Waals surface area contributed by atoms with Gasteiger partial charge < -0.3 is 0 Å². The van der Waals surface area contributed by atoms with Gasteiger partial charge in [0.05, 0.1) is 0 Å². The molecule has 0 spiro atoms. The van der Waals surface area contributed by atoms with Crippen LogP contribution in [0.2, 0.25) is 0 Å². The van der Waals surface area contributed by atoms with Crippen molar-refractivity contribution < 1.29 is 0 Å². The Morgan fingerprint density at radius 2 is 1.40 bits per heavy atom. The molecule has 2 aliphatic carbocycles. The van der Waals surface area contributed by atoms with Gasteiger partial charge in [0.15, 0.2) is 0 Å². The predicted octanol–water partition coefficient (Wildman–Crippen LogP) is 8.15. The minimum atomic E-state index is 0.475. The lowest BCUT2D eigenvalue weighted by Gasteiger charge is -2.23. The highest BCUT2D eigenvalue weighted by Gasteiger charge is 2.38. The smallest absolute Gasteiger partial charge is 0.00955 e. The quantitative estimate of drug-likeness (QED) is 0.312. The number of hydrogen-bond donors (Lipinski definition) is 0. The average molecular weight is 387 g/mol. The SMILES string of the molecule is C(=CC1C2CCCC2=CC1c1cccc2ccccc12)c1cccc2ccccc12. The van der Waals surface area contributed by atoms with E-state index in [1.165, 1.54) is 51.9 Å². The number of fused-ring (bicyclic) bond motifs is 3. The van der Waals surface area contributed by atoms with E-state index in [1.54, 1.807) is 5.57 Å². The zero-order valence-corrected chi connectivity index (χ0v) is 17.2. The molecular weight excluding hydrogens is 360 g/mol. The second kappa shape index (κ2) is 7.29. The predicted molar refractivity (Wildman–Crippen MR) is 129 cm³/mol. The van der Waals surface area contributed by atoms with Crippen LogP contribution in [0.4, 0.5) is 0 Å². The third-order valence-electron chi connectivity index (χ3n) is 7.23. The summed E-state index contributed by atoms with van der Waals surface area (Å²) < 4.78 is 0. The number of hydrogen-bond acceptors (Lipinski definition) is 0. The molecule has 2 aliphatic rings. The fourth-order valence-corrected chi connectivity index (χ4v) is 5.84. The van der Waals surface area contributed by atoms with Crippen molar-refractivity contribution in [2.45, 2.75) is 25.2 Å². The minimum Gasteiger partial charge on any atom is -0.0793 e. The second-order valence-corrected chi connectivity index (χ2v) is 8.84. The maximum absolute atomic E-state index is 2.61. The zero-order chi connectivity index (χ0) is 19.9. The van der Waals surface area contributed by atoms with E-state index < -0.39 is 0 Å². The fourth-order valence-electron chi connectivity index (χ4n) is 5.84. The van der Waals surface area contributed by atoms with Crippen molar-refractivity contribution in [3.8, 4) is 0 Å². The second-order valence-electron chi connectivity index (χ2n) is 8.84. The van der Waals surface area contributed by atoms with Crippen LogP contribution in [0, 0.1) is 11.8 Å². The number of allylic oxidation sites excluding steroid dienone is 3. The van der Waals surface area contributed by atoms with Crippen molar-refractivity contribution >= 4 is 27.6 Å². The zero-order valence-electron chi connectivity index (χ0n) is 17.2. The van der Waals surface area contributed by atoms with Gasteiger partial charge in [0.2, 0.25) is 0 Å². The molecule has 0 aromatic heterocycles. The van der Waals surface area contributed by atoms with Crippen LogP contribution in [-0.4, -0.2) is 0 Å². The Morgan fingerprint density at radius 3 is 2.27 bits per heavy atom. The maximum Gasteiger partial charge on any atom is 0.00955 e. The minimum absolute atomic E-state index is 0.475. The Labute approximate surface area is 178 Å². The van der Waals surface area contributed by atoms with Gasteiger partial charge in [-0.1, -0.05) is 109 Å². The van der Waals surface area contributed by atoms with Gasteiger partial charge >= 0.3 is 0 Å². The summed E-state index contributed by atoms with van der Waals surface area (Å²) in [6.07, 6.45) is 11.5. The van der Waals surface area contributed by atoms with E-state index in [1.807, 2.05) is 0 Å². The van der Waals surface area contributed by atoms with Gasteiger partial charge in [-0.05, 0) is 63.8 Å². The summed E-state index contributed by atoms with van der Waals surface area (Å²) in [4.78, 5) is 0. The summed E-state index contributed by atoms with van der Waals surface area (Å²) in [5.74, 6) is 1.73. The van der Waals surface area contributed by atoms with Gasteiger partial charge in [-0.15, -0.1) is 0 Å². The summed E-state index contributed by atoms with van der Waals surface area (Å²) in [7, 11) is 0. The first-order valence-electron chi connectivity index (χ1n) is 11.2. The lowest BCUT2D eigenvalue weighted by molar-refractivity contribution is 0.462. The van der Waals surface area contributed by atoms with Gasteiger partial charge in [0, 0.05) is 5.92 Å². The molecule has 0 bridgehead atoms.